The molecule has 1 aliphatic rings. The predicted molar refractivity (Wildman–Crippen MR) is 62.1 cm³/mol. The van der Waals surface area contributed by atoms with Gasteiger partial charge < -0.3 is 15.2 Å². The summed E-state index contributed by atoms with van der Waals surface area (Å²) < 4.78 is 10.8. The summed E-state index contributed by atoms with van der Waals surface area (Å²) >= 11 is 0. The lowest BCUT2D eigenvalue weighted by Gasteiger charge is -2.16. The van der Waals surface area contributed by atoms with E-state index in [0.29, 0.717) is 13.2 Å². The van der Waals surface area contributed by atoms with Gasteiger partial charge in [0.15, 0.2) is 0 Å². The quantitative estimate of drug-likeness (QED) is 0.832. The molecule has 0 aromatic heterocycles. The van der Waals surface area contributed by atoms with E-state index in [1.807, 2.05) is 37.3 Å². The summed E-state index contributed by atoms with van der Waals surface area (Å²) in [6.07, 6.45) is 0.0151. The second-order valence-corrected chi connectivity index (χ2v) is 3.85. The van der Waals surface area contributed by atoms with E-state index in [9.17, 15) is 0 Å². The van der Waals surface area contributed by atoms with Crippen molar-refractivity contribution in [2.24, 2.45) is 10.7 Å². The lowest BCUT2D eigenvalue weighted by molar-refractivity contribution is 0.0310. The van der Waals surface area contributed by atoms with Gasteiger partial charge in [-0.3, -0.25) is 0 Å². The van der Waals surface area contributed by atoms with Crippen molar-refractivity contribution in [3.8, 4) is 0 Å². The van der Waals surface area contributed by atoms with Crippen LogP contribution in [-0.4, -0.2) is 24.8 Å². The number of amidine groups is 1. The Morgan fingerprint density at radius 3 is 2.88 bits per heavy atom. The smallest absolute Gasteiger partial charge is 0.282 e. The van der Waals surface area contributed by atoms with Gasteiger partial charge in [-0.05, 0) is 12.5 Å². The van der Waals surface area contributed by atoms with Gasteiger partial charge in [-0.2, -0.15) is 0 Å². The van der Waals surface area contributed by atoms with Crippen LogP contribution < -0.4 is 5.73 Å². The van der Waals surface area contributed by atoms with Gasteiger partial charge in [0.1, 0.15) is 12.6 Å². The summed E-state index contributed by atoms with van der Waals surface area (Å²) in [6, 6.07) is 10.3. The van der Waals surface area contributed by atoms with Gasteiger partial charge in [-0.25, -0.2) is 4.99 Å². The van der Waals surface area contributed by atoms with Crippen molar-refractivity contribution in [1.82, 2.24) is 0 Å². The standard InChI is InChI=1S/C12H16N2O2/c1-9(11-8-16-12(13)14-11)15-7-10-5-3-2-4-6-10/h2-6,9,11H,7-8H2,1H3,(H2,13,14)/t9-,11-/m1/s1. The molecule has 0 unspecified atom stereocenters. The highest BCUT2D eigenvalue weighted by Crippen LogP contribution is 2.12. The zero-order chi connectivity index (χ0) is 11.4. The van der Waals surface area contributed by atoms with Crippen LogP contribution in [0.2, 0.25) is 0 Å². The van der Waals surface area contributed by atoms with Gasteiger partial charge in [0.2, 0.25) is 0 Å². The maximum Gasteiger partial charge on any atom is 0.282 e. The van der Waals surface area contributed by atoms with E-state index in [4.69, 9.17) is 15.2 Å². The van der Waals surface area contributed by atoms with Crippen LogP contribution in [0, 0.1) is 0 Å². The zero-order valence-electron chi connectivity index (χ0n) is 9.30. The molecule has 1 heterocycles. The molecule has 1 aromatic carbocycles. The number of hydrogen-bond donors (Lipinski definition) is 1. The third-order valence-corrected chi connectivity index (χ3v) is 2.59. The van der Waals surface area contributed by atoms with Gasteiger partial charge in [-0.1, -0.05) is 30.3 Å². The number of rotatable bonds is 4. The molecular weight excluding hydrogens is 204 g/mol. The van der Waals surface area contributed by atoms with Crippen LogP contribution in [0.4, 0.5) is 0 Å². The Morgan fingerprint density at radius 1 is 1.50 bits per heavy atom. The van der Waals surface area contributed by atoms with Gasteiger partial charge in [0.05, 0.1) is 12.7 Å². The Labute approximate surface area is 95.1 Å². The largest absolute Gasteiger partial charge is 0.463 e. The van der Waals surface area contributed by atoms with Gasteiger partial charge in [0, 0.05) is 0 Å². The maximum absolute atomic E-state index is 5.72. The SMILES string of the molecule is C[C@@H](OCc1ccccc1)[C@H]1COC(N)=N1. The molecule has 86 valence electrons. The normalized spacial score (nSPS) is 21.3. The third kappa shape index (κ3) is 2.73. The van der Waals surface area contributed by atoms with Crippen molar-refractivity contribution in [2.45, 2.75) is 25.7 Å². The monoisotopic (exact) mass is 220 g/mol. The molecule has 2 rings (SSSR count). The lowest BCUT2D eigenvalue weighted by Crippen LogP contribution is -2.25. The van der Waals surface area contributed by atoms with E-state index < -0.39 is 0 Å². The molecule has 0 bridgehead atoms. The molecular formula is C12H16N2O2. The molecule has 2 atom stereocenters. The van der Waals surface area contributed by atoms with E-state index in [-0.39, 0.29) is 18.2 Å². The third-order valence-electron chi connectivity index (χ3n) is 2.59. The fraction of sp³-hybridized carbons (Fsp3) is 0.417. The summed E-state index contributed by atoms with van der Waals surface area (Å²) in [6.45, 7) is 3.09. The first-order valence-electron chi connectivity index (χ1n) is 5.37. The lowest BCUT2D eigenvalue weighted by atomic mass is 10.2. The second kappa shape index (κ2) is 4.99. The van der Waals surface area contributed by atoms with E-state index in [2.05, 4.69) is 4.99 Å². The number of hydrogen-bond acceptors (Lipinski definition) is 4. The highest BCUT2D eigenvalue weighted by Gasteiger charge is 2.23. The van der Waals surface area contributed by atoms with Gasteiger partial charge in [0.25, 0.3) is 6.02 Å². The fourth-order valence-corrected chi connectivity index (χ4v) is 1.56. The van der Waals surface area contributed by atoms with Crippen LogP contribution in [0.25, 0.3) is 0 Å². The molecule has 4 nitrogen and oxygen atoms in total. The molecule has 1 aliphatic heterocycles. The number of aliphatic imine (C=N–C) groups is 1. The molecule has 0 fully saturated rings. The Bertz CT molecular complexity index is 365. The number of nitrogens with two attached hydrogens (primary N) is 1. The first-order chi connectivity index (χ1) is 7.75. The zero-order valence-corrected chi connectivity index (χ0v) is 9.30. The first-order valence-corrected chi connectivity index (χ1v) is 5.37. The molecule has 0 spiro atoms. The van der Waals surface area contributed by atoms with E-state index in [0.717, 1.165) is 5.56 Å². The first kappa shape index (κ1) is 11.0. The van der Waals surface area contributed by atoms with Crippen molar-refractivity contribution < 1.29 is 9.47 Å². The minimum absolute atomic E-state index is 0.0151. The van der Waals surface area contributed by atoms with E-state index in [1.54, 1.807) is 0 Å². The van der Waals surface area contributed by atoms with Gasteiger partial charge >= 0.3 is 0 Å². The van der Waals surface area contributed by atoms with Crippen LogP contribution in [0.5, 0.6) is 0 Å². The number of benzene rings is 1. The van der Waals surface area contributed by atoms with Crippen molar-refractivity contribution in [3.63, 3.8) is 0 Å². The summed E-state index contributed by atoms with van der Waals surface area (Å²) in [7, 11) is 0. The average Bonchev–Trinajstić information content (AvgIpc) is 2.74. The molecule has 0 saturated carbocycles. The predicted octanol–water partition coefficient (Wildman–Crippen LogP) is 1.31. The number of ether oxygens (including phenoxy) is 2. The number of nitrogens with zero attached hydrogens (tertiary/aromatic N) is 1. The maximum atomic E-state index is 5.72. The van der Waals surface area contributed by atoms with Crippen LogP contribution in [0.1, 0.15) is 12.5 Å². The average molecular weight is 220 g/mol. The second-order valence-electron chi connectivity index (χ2n) is 3.85. The van der Waals surface area contributed by atoms with Crippen LogP contribution in [-0.2, 0) is 16.1 Å². The van der Waals surface area contributed by atoms with Crippen LogP contribution in [0.15, 0.2) is 35.3 Å². The minimum Gasteiger partial charge on any atom is -0.463 e. The molecule has 1 aromatic rings. The van der Waals surface area contributed by atoms with Gasteiger partial charge in [-0.15, -0.1) is 0 Å². The van der Waals surface area contributed by atoms with Crippen molar-refractivity contribution >= 4 is 6.02 Å². The molecule has 0 radical (unpaired) electrons. The molecule has 4 heteroatoms. The van der Waals surface area contributed by atoms with Crippen molar-refractivity contribution in [2.75, 3.05) is 6.61 Å². The Hall–Kier alpha value is -1.55. The highest BCUT2D eigenvalue weighted by atomic mass is 16.5. The fourth-order valence-electron chi connectivity index (χ4n) is 1.56. The Balaban J connectivity index is 1.82. The Morgan fingerprint density at radius 2 is 2.25 bits per heavy atom. The van der Waals surface area contributed by atoms with Crippen LogP contribution in [0.3, 0.4) is 0 Å². The summed E-state index contributed by atoms with van der Waals surface area (Å²) in [5.41, 5.74) is 6.60. The summed E-state index contributed by atoms with van der Waals surface area (Å²) in [5.74, 6) is 0. The highest BCUT2D eigenvalue weighted by molar-refractivity contribution is 5.73. The molecule has 16 heavy (non-hydrogen) atoms. The minimum atomic E-state index is 0.0151. The molecule has 0 aliphatic carbocycles. The summed E-state index contributed by atoms with van der Waals surface area (Å²) in [4.78, 5) is 4.15. The van der Waals surface area contributed by atoms with E-state index in [1.165, 1.54) is 0 Å². The van der Waals surface area contributed by atoms with Crippen molar-refractivity contribution in [1.29, 1.82) is 0 Å². The van der Waals surface area contributed by atoms with Crippen LogP contribution >= 0.6 is 0 Å². The summed E-state index contributed by atoms with van der Waals surface area (Å²) in [5, 5.41) is 0. The van der Waals surface area contributed by atoms with E-state index >= 15 is 0 Å². The molecule has 0 saturated heterocycles. The van der Waals surface area contributed by atoms with Crippen molar-refractivity contribution in [3.05, 3.63) is 35.9 Å². The topological polar surface area (TPSA) is 56.8 Å². The molecule has 0 amide bonds. The molecule has 2 N–H and O–H groups in total. The Kier molecular flexibility index (Phi) is 3.41.